The molecule has 0 aliphatic rings. The molecule has 16 heavy (non-hydrogen) atoms. The molecule has 0 amide bonds. The summed E-state index contributed by atoms with van der Waals surface area (Å²) in [5.41, 5.74) is 1.33. The maximum absolute atomic E-state index is 4.56. The normalized spacial score (nSPS) is 11.6. The molecule has 1 aromatic heterocycles. The molecule has 4 heteroatoms. The summed E-state index contributed by atoms with van der Waals surface area (Å²) in [5, 5.41) is 8.66. The summed E-state index contributed by atoms with van der Waals surface area (Å²) in [6.45, 7) is 9.00. The van der Waals surface area contributed by atoms with E-state index in [1.165, 1.54) is 10.4 Å². The second kappa shape index (κ2) is 7.28. The fourth-order valence-electron chi connectivity index (χ4n) is 1.30. The minimum absolute atomic E-state index is 0.766. The molecule has 1 aromatic rings. The molecule has 0 aromatic carbocycles. The van der Waals surface area contributed by atoms with Crippen molar-refractivity contribution < 1.29 is 0 Å². The highest BCUT2D eigenvalue weighted by Crippen LogP contribution is 2.16. The molecule has 0 aliphatic carbocycles. The van der Waals surface area contributed by atoms with Crippen LogP contribution in [-0.2, 0) is 6.54 Å². The van der Waals surface area contributed by atoms with Crippen molar-refractivity contribution in [1.29, 1.82) is 0 Å². The maximum Gasteiger partial charge on any atom is 0.191 e. The van der Waals surface area contributed by atoms with Gasteiger partial charge in [-0.3, -0.25) is 0 Å². The van der Waals surface area contributed by atoms with Gasteiger partial charge in [-0.25, -0.2) is 4.99 Å². The van der Waals surface area contributed by atoms with E-state index in [1.54, 1.807) is 11.3 Å². The number of aryl methyl sites for hydroxylation is 1. The molecule has 0 radical (unpaired) electrons. The van der Waals surface area contributed by atoms with E-state index in [4.69, 9.17) is 0 Å². The summed E-state index contributed by atoms with van der Waals surface area (Å²) >= 11 is 1.77. The fourth-order valence-corrected chi connectivity index (χ4v) is 2.13. The zero-order valence-corrected chi connectivity index (χ0v) is 11.2. The quantitative estimate of drug-likeness (QED) is 0.612. The first-order valence-corrected chi connectivity index (χ1v) is 6.71. The smallest absolute Gasteiger partial charge is 0.191 e. The second-order valence-corrected chi connectivity index (χ2v) is 4.65. The van der Waals surface area contributed by atoms with Crippen molar-refractivity contribution in [2.75, 3.05) is 13.1 Å². The Bertz CT molecular complexity index is 331. The Labute approximate surface area is 102 Å². The molecule has 0 unspecified atom stereocenters. The molecule has 1 rings (SSSR count). The Morgan fingerprint density at radius 1 is 1.38 bits per heavy atom. The van der Waals surface area contributed by atoms with Crippen LogP contribution in [0.25, 0.3) is 0 Å². The van der Waals surface area contributed by atoms with Crippen LogP contribution in [0.2, 0.25) is 0 Å². The third kappa shape index (κ3) is 4.23. The first-order chi connectivity index (χ1) is 7.77. The Morgan fingerprint density at radius 3 is 2.75 bits per heavy atom. The molecule has 3 nitrogen and oxygen atoms in total. The van der Waals surface area contributed by atoms with Gasteiger partial charge in [0.25, 0.3) is 0 Å². The van der Waals surface area contributed by atoms with Crippen molar-refractivity contribution in [3.05, 3.63) is 21.9 Å². The van der Waals surface area contributed by atoms with Gasteiger partial charge in [0.2, 0.25) is 0 Å². The monoisotopic (exact) mass is 239 g/mol. The van der Waals surface area contributed by atoms with E-state index in [2.05, 4.69) is 47.8 Å². The number of nitrogens with one attached hydrogen (secondary N) is 2. The molecule has 0 bridgehead atoms. The SMILES string of the molecule is CCCNC(=NCc1sccc1C)NCC. The Balaban J connectivity index is 2.53. The van der Waals surface area contributed by atoms with Crippen LogP contribution in [0.4, 0.5) is 0 Å². The molecule has 0 saturated heterocycles. The van der Waals surface area contributed by atoms with Gasteiger partial charge in [-0.2, -0.15) is 0 Å². The molecule has 0 aliphatic heterocycles. The van der Waals surface area contributed by atoms with E-state index in [9.17, 15) is 0 Å². The van der Waals surface area contributed by atoms with E-state index in [-0.39, 0.29) is 0 Å². The lowest BCUT2D eigenvalue weighted by Crippen LogP contribution is -2.37. The highest BCUT2D eigenvalue weighted by molar-refractivity contribution is 7.10. The van der Waals surface area contributed by atoms with Gasteiger partial charge in [-0.1, -0.05) is 6.92 Å². The molecular formula is C12H21N3S. The molecule has 90 valence electrons. The molecule has 0 fully saturated rings. The summed E-state index contributed by atoms with van der Waals surface area (Å²) < 4.78 is 0. The molecule has 2 N–H and O–H groups in total. The Hall–Kier alpha value is -1.03. The number of hydrogen-bond donors (Lipinski definition) is 2. The number of thiophene rings is 1. The Morgan fingerprint density at radius 2 is 2.19 bits per heavy atom. The lowest BCUT2D eigenvalue weighted by molar-refractivity contribution is 0.786. The van der Waals surface area contributed by atoms with Crippen molar-refractivity contribution in [2.24, 2.45) is 4.99 Å². The van der Waals surface area contributed by atoms with Crippen LogP contribution in [0.5, 0.6) is 0 Å². The van der Waals surface area contributed by atoms with Gasteiger partial charge in [0.1, 0.15) is 0 Å². The summed E-state index contributed by atoms with van der Waals surface area (Å²) in [6, 6.07) is 2.14. The lowest BCUT2D eigenvalue weighted by atomic mass is 10.3. The largest absolute Gasteiger partial charge is 0.357 e. The van der Waals surface area contributed by atoms with Gasteiger partial charge in [-0.05, 0) is 37.3 Å². The van der Waals surface area contributed by atoms with E-state index in [0.717, 1.165) is 32.0 Å². The van der Waals surface area contributed by atoms with Gasteiger partial charge in [0.15, 0.2) is 5.96 Å². The molecular weight excluding hydrogens is 218 g/mol. The molecule has 0 saturated carbocycles. The topological polar surface area (TPSA) is 36.4 Å². The van der Waals surface area contributed by atoms with Gasteiger partial charge in [0, 0.05) is 18.0 Å². The number of nitrogens with zero attached hydrogens (tertiary/aromatic N) is 1. The fraction of sp³-hybridized carbons (Fsp3) is 0.583. The minimum atomic E-state index is 0.766. The minimum Gasteiger partial charge on any atom is -0.357 e. The average Bonchev–Trinajstić information content (AvgIpc) is 2.68. The highest BCUT2D eigenvalue weighted by Gasteiger charge is 2.00. The summed E-state index contributed by atoms with van der Waals surface area (Å²) in [4.78, 5) is 5.90. The standard InChI is InChI=1S/C12H21N3S/c1-4-7-14-12(13-5-2)15-9-11-10(3)6-8-16-11/h6,8H,4-5,7,9H2,1-3H3,(H2,13,14,15). The van der Waals surface area contributed by atoms with Gasteiger partial charge in [0.05, 0.1) is 6.54 Å². The number of hydrogen-bond acceptors (Lipinski definition) is 2. The predicted octanol–water partition coefficient (Wildman–Crippen LogP) is 2.52. The van der Waals surface area contributed by atoms with E-state index in [1.807, 2.05) is 0 Å². The highest BCUT2D eigenvalue weighted by atomic mass is 32.1. The zero-order chi connectivity index (χ0) is 11.8. The van der Waals surface area contributed by atoms with Crippen LogP contribution < -0.4 is 10.6 Å². The van der Waals surface area contributed by atoms with Crippen molar-refractivity contribution in [1.82, 2.24) is 10.6 Å². The maximum atomic E-state index is 4.56. The summed E-state index contributed by atoms with van der Waals surface area (Å²) in [5.74, 6) is 0.914. The van der Waals surface area contributed by atoms with Crippen LogP contribution in [0.1, 0.15) is 30.7 Å². The van der Waals surface area contributed by atoms with E-state index >= 15 is 0 Å². The predicted molar refractivity (Wildman–Crippen MR) is 72.2 cm³/mol. The van der Waals surface area contributed by atoms with Crippen LogP contribution in [0, 0.1) is 6.92 Å². The van der Waals surface area contributed by atoms with E-state index in [0.29, 0.717) is 0 Å². The van der Waals surface area contributed by atoms with Gasteiger partial charge < -0.3 is 10.6 Å². The zero-order valence-electron chi connectivity index (χ0n) is 10.3. The van der Waals surface area contributed by atoms with Crippen LogP contribution in [-0.4, -0.2) is 19.0 Å². The third-order valence-corrected chi connectivity index (χ3v) is 3.24. The van der Waals surface area contributed by atoms with Crippen LogP contribution in [0.3, 0.4) is 0 Å². The summed E-state index contributed by atoms with van der Waals surface area (Å²) in [6.07, 6.45) is 1.11. The van der Waals surface area contributed by atoms with Crippen molar-refractivity contribution in [2.45, 2.75) is 33.7 Å². The van der Waals surface area contributed by atoms with Gasteiger partial charge in [-0.15, -0.1) is 11.3 Å². The number of rotatable bonds is 5. The second-order valence-electron chi connectivity index (χ2n) is 3.65. The van der Waals surface area contributed by atoms with Crippen molar-refractivity contribution >= 4 is 17.3 Å². The third-order valence-electron chi connectivity index (χ3n) is 2.24. The number of aliphatic imine (C=N–C) groups is 1. The number of guanidine groups is 1. The lowest BCUT2D eigenvalue weighted by Gasteiger charge is -2.09. The summed E-state index contributed by atoms with van der Waals surface area (Å²) in [7, 11) is 0. The van der Waals surface area contributed by atoms with E-state index < -0.39 is 0 Å². The Kier molecular flexibility index (Phi) is 5.93. The van der Waals surface area contributed by atoms with Crippen molar-refractivity contribution in [3.8, 4) is 0 Å². The van der Waals surface area contributed by atoms with Crippen molar-refractivity contribution in [3.63, 3.8) is 0 Å². The molecule has 0 spiro atoms. The first-order valence-electron chi connectivity index (χ1n) is 5.83. The first kappa shape index (κ1) is 13.0. The molecule has 1 heterocycles. The average molecular weight is 239 g/mol. The van der Waals surface area contributed by atoms with Crippen LogP contribution in [0.15, 0.2) is 16.4 Å². The van der Waals surface area contributed by atoms with Crippen LogP contribution >= 0.6 is 11.3 Å². The van der Waals surface area contributed by atoms with Gasteiger partial charge >= 0.3 is 0 Å². The molecule has 0 atom stereocenters.